The molecule has 1 atom stereocenters. The van der Waals surface area contributed by atoms with Crippen molar-refractivity contribution < 1.29 is 5.11 Å². The van der Waals surface area contributed by atoms with Crippen molar-refractivity contribution in [1.29, 1.82) is 0 Å². The molecule has 2 rings (SSSR count). The zero-order valence-electron chi connectivity index (χ0n) is 12.3. The van der Waals surface area contributed by atoms with Gasteiger partial charge in [-0.1, -0.05) is 42.8 Å². The molecule has 20 heavy (non-hydrogen) atoms. The van der Waals surface area contributed by atoms with Crippen molar-refractivity contribution >= 4 is 0 Å². The molecule has 1 unspecified atom stereocenters. The standard InChI is InChI=1S/C18H23NO/c1-3-15-7-9-17(19-13-15)12-18(20)10-8-16-6-4-5-14(2)11-16/h4-7,9,11,13,18,20H,3,8,10,12H2,1-2H3. The van der Waals surface area contributed by atoms with Gasteiger partial charge in [0, 0.05) is 18.3 Å². The van der Waals surface area contributed by atoms with E-state index in [0.29, 0.717) is 6.42 Å². The molecule has 0 saturated heterocycles. The van der Waals surface area contributed by atoms with Crippen LogP contribution in [0.1, 0.15) is 35.7 Å². The lowest BCUT2D eigenvalue weighted by Crippen LogP contribution is -2.12. The van der Waals surface area contributed by atoms with Gasteiger partial charge in [-0.15, -0.1) is 0 Å². The summed E-state index contributed by atoms with van der Waals surface area (Å²) in [5, 5.41) is 10.1. The Labute approximate surface area is 121 Å². The van der Waals surface area contributed by atoms with Crippen LogP contribution in [0.25, 0.3) is 0 Å². The molecule has 2 nitrogen and oxygen atoms in total. The first-order chi connectivity index (χ1) is 9.67. The van der Waals surface area contributed by atoms with Crippen molar-refractivity contribution in [3.63, 3.8) is 0 Å². The maximum Gasteiger partial charge on any atom is 0.0598 e. The molecule has 0 radical (unpaired) electrons. The van der Waals surface area contributed by atoms with Crippen LogP contribution in [0, 0.1) is 6.92 Å². The van der Waals surface area contributed by atoms with Crippen LogP contribution in [0.15, 0.2) is 42.6 Å². The minimum Gasteiger partial charge on any atom is -0.393 e. The molecular weight excluding hydrogens is 246 g/mol. The second kappa shape index (κ2) is 7.20. The third-order valence-corrected chi connectivity index (χ3v) is 3.59. The molecular formula is C18H23NO. The average Bonchev–Trinajstić information content (AvgIpc) is 2.46. The highest BCUT2D eigenvalue weighted by atomic mass is 16.3. The van der Waals surface area contributed by atoms with E-state index >= 15 is 0 Å². The molecule has 0 aliphatic carbocycles. The van der Waals surface area contributed by atoms with Gasteiger partial charge in [-0.25, -0.2) is 0 Å². The van der Waals surface area contributed by atoms with Crippen LogP contribution in [0.4, 0.5) is 0 Å². The van der Waals surface area contributed by atoms with Gasteiger partial charge in [-0.3, -0.25) is 4.98 Å². The minimum atomic E-state index is -0.324. The maximum atomic E-state index is 10.1. The number of aliphatic hydroxyl groups is 1. The van der Waals surface area contributed by atoms with Gasteiger partial charge in [0.05, 0.1) is 6.10 Å². The van der Waals surface area contributed by atoms with Gasteiger partial charge in [-0.2, -0.15) is 0 Å². The highest BCUT2D eigenvalue weighted by Crippen LogP contribution is 2.11. The van der Waals surface area contributed by atoms with E-state index in [1.54, 1.807) is 0 Å². The molecule has 0 bridgehead atoms. The number of benzene rings is 1. The largest absolute Gasteiger partial charge is 0.393 e. The fourth-order valence-corrected chi connectivity index (χ4v) is 2.33. The highest BCUT2D eigenvalue weighted by Gasteiger charge is 2.07. The van der Waals surface area contributed by atoms with Crippen molar-refractivity contribution in [3.05, 3.63) is 65.0 Å². The number of aliphatic hydroxyl groups excluding tert-OH is 1. The van der Waals surface area contributed by atoms with Gasteiger partial charge in [0.15, 0.2) is 0 Å². The molecule has 0 fully saturated rings. The van der Waals surface area contributed by atoms with Crippen molar-refractivity contribution in [2.24, 2.45) is 0 Å². The summed E-state index contributed by atoms with van der Waals surface area (Å²) in [6.07, 6.45) is 4.91. The van der Waals surface area contributed by atoms with Gasteiger partial charge in [-0.05, 0) is 43.4 Å². The third kappa shape index (κ3) is 4.46. The van der Waals surface area contributed by atoms with E-state index in [0.717, 1.165) is 25.0 Å². The van der Waals surface area contributed by atoms with Gasteiger partial charge < -0.3 is 5.11 Å². The Morgan fingerprint density at radius 1 is 1.15 bits per heavy atom. The smallest absolute Gasteiger partial charge is 0.0598 e. The van der Waals surface area contributed by atoms with Crippen molar-refractivity contribution in [3.8, 4) is 0 Å². The van der Waals surface area contributed by atoms with E-state index in [-0.39, 0.29) is 6.10 Å². The van der Waals surface area contributed by atoms with Crippen LogP contribution in [0.2, 0.25) is 0 Å². The summed E-state index contributed by atoms with van der Waals surface area (Å²) < 4.78 is 0. The monoisotopic (exact) mass is 269 g/mol. The van der Waals surface area contributed by atoms with Crippen LogP contribution in [-0.2, 0) is 19.3 Å². The first-order valence-corrected chi connectivity index (χ1v) is 7.34. The Morgan fingerprint density at radius 2 is 2.00 bits per heavy atom. The van der Waals surface area contributed by atoms with Crippen LogP contribution in [0.3, 0.4) is 0 Å². The predicted octanol–water partition coefficient (Wildman–Crippen LogP) is 3.49. The second-order valence-corrected chi connectivity index (χ2v) is 5.40. The average molecular weight is 269 g/mol. The van der Waals surface area contributed by atoms with Crippen molar-refractivity contribution in [2.75, 3.05) is 0 Å². The quantitative estimate of drug-likeness (QED) is 0.871. The first-order valence-electron chi connectivity index (χ1n) is 7.34. The summed E-state index contributed by atoms with van der Waals surface area (Å²) in [5.41, 5.74) is 4.77. The van der Waals surface area contributed by atoms with Crippen LogP contribution >= 0.6 is 0 Å². The van der Waals surface area contributed by atoms with E-state index in [4.69, 9.17) is 0 Å². The number of rotatable bonds is 6. The molecule has 2 aromatic rings. The molecule has 1 aromatic carbocycles. The summed E-state index contributed by atoms with van der Waals surface area (Å²) in [6.45, 7) is 4.21. The van der Waals surface area contributed by atoms with E-state index in [9.17, 15) is 5.11 Å². The zero-order valence-corrected chi connectivity index (χ0v) is 12.3. The predicted molar refractivity (Wildman–Crippen MR) is 82.8 cm³/mol. The number of aryl methyl sites for hydroxylation is 3. The lowest BCUT2D eigenvalue weighted by molar-refractivity contribution is 0.164. The van der Waals surface area contributed by atoms with Crippen molar-refractivity contribution in [2.45, 2.75) is 45.6 Å². The maximum absolute atomic E-state index is 10.1. The molecule has 1 N–H and O–H groups in total. The Morgan fingerprint density at radius 3 is 2.65 bits per heavy atom. The summed E-state index contributed by atoms with van der Waals surface area (Å²) in [7, 11) is 0. The number of aromatic nitrogens is 1. The molecule has 0 aliphatic rings. The van der Waals surface area contributed by atoms with Gasteiger partial charge in [0.25, 0.3) is 0 Å². The van der Waals surface area contributed by atoms with Gasteiger partial charge >= 0.3 is 0 Å². The van der Waals surface area contributed by atoms with Crippen LogP contribution in [0.5, 0.6) is 0 Å². The summed E-state index contributed by atoms with van der Waals surface area (Å²) >= 11 is 0. The Balaban J connectivity index is 1.84. The molecule has 0 amide bonds. The molecule has 2 heteroatoms. The van der Waals surface area contributed by atoms with Crippen LogP contribution < -0.4 is 0 Å². The second-order valence-electron chi connectivity index (χ2n) is 5.40. The third-order valence-electron chi connectivity index (χ3n) is 3.59. The minimum absolute atomic E-state index is 0.324. The lowest BCUT2D eigenvalue weighted by Gasteiger charge is -2.10. The molecule has 1 aromatic heterocycles. The fraction of sp³-hybridized carbons (Fsp3) is 0.389. The van der Waals surface area contributed by atoms with E-state index in [1.165, 1.54) is 16.7 Å². The highest BCUT2D eigenvalue weighted by molar-refractivity contribution is 5.22. The molecule has 106 valence electrons. The van der Waals surface area contributed by atoms with E-state index in [2.05, 4.69) is 49.2 Å². The number of hydrogen-bond acceptors (Lipinski definition) is 2. The van der Waals surface area contributed by atoms with Crippen molar-refractivity contribution in [1.82, 2.24) is 4.98 Å². The Kier molecular flexibility index (Phi) is 5.31. The molecule has 0 saturated carbocycles. The summed E-state index contributed by atoms with van der Waals surface area (Å²) in [6, 6.07) is 12.6. The summed E-state index contributed by atoms with van der Waals surface area (Å²) in [5.74, 6) is 0. The van der Waals surface area contributed by atoms with E-state index in [1.807, 2.05) is 12.3 Å². The molecule has 1 heterocycles. The lowest BCUT2D eigenvalue weighted by atomic mass is 10.0. The first kappa shape index (κ1) is 14.7. The summed E-state index contributed by atoms with van der Waals surface area (Å²) in [4.78, 5) is 4.40. The fourth-order valence-electron chi connectivity index (χ4n) is 2.33. The zero-order chi connectivity index (χ0) is 14.4. The van der Waals surface area contributed by atoms with E-state index < -0.39 is 0 Å². The number of pyridine rings is 1. The molecule has 0 spiro atoms. The Bertz CT molecular complexity index is 533. The molecule has 0 aliphatic heterocycles. The number of nitrogens with zero attached hydrogens (tertiary/aromatic N) is 1. The van der Waals surface area contributed by atoms with Gasteiger partial charge in [0.1, 0.15) is 0 Å². The normalized spacial score (nSPS) is 12.3. The topological polar surface area (TPSA) is 33.1 Å². The Hall–Kier alpha value is -1.67. The van der Waals surface area contributed by atoms with Gasteiger partial charge in [0.2, 0.25) is 0 Å². The van der Waals surface area contributed by atoms with Crippen LogP contribution in [-0.4, -0.2) is 16.2 Å². The SMILES string of the molecule is CCc1ccc(CC(O)CCc2cccc(C)c2)nc1. The number of hydrogen-bond donors (Lipinski definition) is 1.